The minimum absolute atomic E-state index is 0.0721. The van der Waals surface area contributed by atoms with Crippen LogP contribution in [0.2, 0.25) is 0 Å². The van der Waals surface area contributed by atoms with E-state index < -0.39 is 5.91 Å². The van der Waals surface area contributed by atoms with Crippen molar-refractivity contribution in [3.8, 4) is 22.9 Å². The highest BCUT2D eigenvalue weighted by Gasteiger charge is 2.15. The second-order valence-corrected chi connectivity index (χ2v) is 7.76. The highest BCUT2D eigenvalue weighted by atomic mass is 32.1. The molecule has 4 aromatic rings. The Bertz CT molecular complexity index is 1260. The number of hydrogen-bond acceptors (Lipinski definition) is 6. The summed E-state index contributed by atoms with van der Waals surface area (Å²) in [6.45, 7) is -0.262. The molecule has 8 nitrogen and oxygen atoms in total. The van der Waals surface area contributed by atoms with Crippen molar-refractivity contribution in [2.75, 3.05) is 13.1 Å². The van der Waals surface area contributed by atoms with Crippen LogP contribution < -0.4 is 10.6 Å². The lowest BCUT2D eigenvalue weighted by molar-refractivity contribution is -0.125. The first kappa shape index (κ1) is 20.3. The summed E-state index contributed by atoms with van der Waals surface area (Å²) < 4.78 is 2.76. The molecule has 154 valence electrons. The maximum Gasteiger partial charge on any atom is 0.240 e. The van der Waals surface area contributed by atoms with Gasteiger partial charge in [-0.2, -0.15) is 10.4 Å². The van der Waals surface area contributed by atoms with Crippen molar-refractivity contribution < 1.29 is 9.59 Å². The minimum atomic E-state index is -0.407. The molecule has 2 aromatic carbocycles. The average Bonchev–Trinajstić information content (AvgIpc) is 3.45. The zero-order valence-corrected chi connectivity index (χ0v) is 17.2. The summed E-state index contributed by atoms with van der Waals surface area (Å²) in [4.78, 5) is 28.3. The van der Waals surface area contributed by atoms with Gasteiger partial charge in [0, 0.05) is 18.0 Å². The van der Waals surface area contributed by atoms with E-state index in [1.807, 2.05) is 54.7 Å². The quantitative estimate of drug-likeness (QED) is 0.437. The van der Waals surface area contributed by atoms with Crippen LogP contribution >= 0.6 is 11.3 Å². The number of thiazole rings is 1. The third-order valence-corrected chi connectivity index (χ3v) is 5.53. The molecule has 2 amide bonds. The second kappa shape index (κ2) is 9.19. The summed E-state index contributed by atoms with van der Waals surface area (Å²) in [5, 5.41) is 18.4. The van der Waals surface area contributed by atoms with Crippen molar-refractivity contribution in [1.82, 2.24) is 25.4 Å². The number of carbonyl (C=O) groups is 2. The van der Waals surface area contributed by atoms with Crippen LogP contribution in [-0.2, 0) is 16.0 Å². The predicted octanol–water partition coefficient (Wildman–Crippen LogP) is 2.45. The number of carbonyl (C=O) groups excluding carboxylic acids is 2. The lowest BCUT2D eigenvalue weighted by Crippen LogP contribution is -2.37. The largest absolute Gasteiger partial charge is 0.347 e. The molecule has 0 radical (unpaired) electrons. The van der Waals surface area contributed by atoms with E-state index in [9.17, 15) is 9.59 Å². The maximum atomic E-state index is 12.2. The molecule has 2 heterocycles. The van der Waals surface area contributed by atoms with Crippen LogP contribution in [0.4, 0.5) is 0 Å². The third-order valence-electron chi connectivity index (χ3n) is 4.51. The Kier molecular flexibility index (Phi) is 6.01. The third kappa shape index (κ3) is 4.76. The summed E-state index contributed by atoms with van der Waals surface area (Å²) in [6, 6.07) is 17.7. The number of rotatable bonds is 7. The molecule has 0 spiro atoms. The number of nitrogens with zero attached hydrogens (tertiary/aromatic N) is 4. The lowest BCUT2D eigenvalue weighted by Gasteiger charge is -2.10. The monoisotopic (exact) mass is 430 g/mol. The molecule has 4 rings (SSSR count). The summed E-state index contributed by atoms with van der Waals surface area (Å²) >= 11 is 1.44. The molecule has 0 saturated heterocycles. The molecule has 2 N–H and O–H groups in total. The van der Waals surface area contributed by atoms with Gasteiger partial charge in [0.25, 0.3) is 0 Å². The Morgan fingerprint density at radius 2 is 1.94 bits per heavy atom. The fourth-order valence-corrected chi connectivity index (χ4v) is 4.10. The molecule has 31 heavy (non-hydrogen) atoms. The van der Waals surface area contributed by atoms with Crippen LogP contribution in [-0.4, -0.2) is 39.7 Å². The Morgan fingerprint density at radius 3 is 2.68 bits per heavy atom. The van der Waals surface area contributed by atoms with Crippen molar-refractivity contribution >= 4 is 33.4 Å². The highest BCUT2D eigenvalue weighted by Crippen LogP contribution is 2.33. The molecule has 0 aliphatic heterocycles. The smallest absolute Gasteiger partial charge is 0.240 e. The van der Waals surface area contributed by atoms with Crippen LogP contribution in [0.5, 0.6) is 0 Å². The number of amides is 2. The van der Waals surface area contributed by atoms with Gasteiger partial charge in [0.1, 0.15) is 11.6 Å². The fraction of sp³-hybridized carbons (Fsp3) is 0.136. The van der Waals surface area contributed by atoms with E-state index in [2.05, 4.69) is 26.8 Å². The summed E-state index contributed by atoms with van der Waals surface area (Å²) in [7, 11) is 0. The van der Waals surface area contributed by atoms with Gasteiger partial charge in [0.15, 0.2) is 0 Å². The van der Waals surface area contributed by atoms with Gasteiger partial charge in [-0.05, 0) is 23.8 Å². The topological polar surface area (TPSA) is 113 Å². The first-order valence-corrected chi connectivity index (χ1v) is 10.3. The van der Waals surface area contributed by atoms with E-state index in [1.165, 1.54) is 11.3 Å². The Morgan fingerprint density at radius 1 is 1.10 bits per heavy atom. The summed E-state index contributed by atoms with van der Waals surface area (Å²) in [6.07, 6.45) is 3.68. The molecule has 9 heteroatoms. The van der Waals surface area contributed by atoms with E-state index in [0.717, 1.165) is 27.0 Å². The van der Waals surface area contributed by atoms with Crippen molar-refractivity contribution in [1.29, 1.82) is 5.26 Å². The Balaban J connectivity index is 1.59. The van der Waals surface area contributed by atoms with E-state index >= 15 is 0 Å². The summed E-state index contributed by atoms with van der Waals surface area (Å²) in [5.41, 5.74) is 3.76. The van der Waals surface area contributed by atoms with Crippen LogP contribution in [0.3, 0.4) is 0 Å². The first-order chi connectivity index (χ1) is 15.1. The molecular weight excluding hydrogens is 412 g/mol. The van der Waals surface area contributed by atoms with E-state index in [1.54, 1.807) is 10.9 Å². The zero-order valence-electron chi connectivity index (χ0n) is 16.4. The van der Waals surface area contributed by atoms with Crippen LogP contribution in [0.15, 0.2) is 60.9 Å². The number of fused-ring (bicyclic) bond motifs is 1. The van der Waals surface area contributed by atoms with Gasteiger partial charge in [-0.3, -0.25) is 9.59 Å². The standard InChI is InChI=1S/C22H18N6O2S/c23-7-9-24-21(30)14-25-20(29)13-22-27-17-12-18(28-10-4-8-26-28)16(11-19(17)31-22)15-5-2-1-3-6-15/h1-6,8,10-12H,9,13-14H2,(H,24,30)(H,25,29). The van der Waals surface area contributed by atoms with Gasteiger partial charge in [-0.25, -0.2) is 9.67 Å². The predicted molar refractivity (Wildman–Crippen MR) is 118 cm³/mol. The number of hydrogen-bond donors (Lipinski definition) is 2. The average molecular weight is 430 g/mol. The van der Waals surface area contributed by atoms with Crippen molar-refractivity contribution in [2.24, 2.45) is 0 Å². The van der Waals surface area contributed by atoms with Crippen LogP contribution in [0.25, 0.3) is 27.0 Å². The van der Waals surface area contributed by atoms with E-state index in [0.29, 0.717) is 5.01 Å². The van der Waals surface area contributed by atoms with E-state index in [-0.39, 0.29) is 25.4 Å². The number of aromatic nitrogens is 3. The van der Waals surface area contributed by atoms with Gasteiger partial charge in [-0.15, -0.1) is 11.3 Å². The van der Waals surface area contributed by atoms with Gasteiger partial charge in [0.05, 0.1) is 34.9 Å². The molecule has 2 aromatic heterocycles. The number of benzene rings is 2. The van der Waals surface area contributed by atoms with Crippen LogP contribution in [0, 0.1) is 11.3 Å². The molecule has 0 unspecified atom stereocenters. The minimum Gasteiger partial charge on any atom is -0.347 e. The number of nitrogens with one attached hydrogen (secondary N) is 2. The van der Waals surface area contributed by atoms with Gasteiger partial charge in [0.2, 0.25) is 11.8 Å². The SMILES string of the molecule is N#CCNC(=O)CNC(=O)Cc1nc2cc(-n3cccn3)c(-c3ccccc3)cc2s1. The molecule has 0 bridgehead atoms. The lowest BCUT2D eigenvalue weighted by atomic mass is 10.0. The zero-order chi connectivity index (χ0) is 21.6. The van der Waals surface area contributed by atoms with Crippen molar-refractivity contribution in [3.63, 3.8) is 0 Å². The Labute approximate surface area is 182 Å². The van der Waals surface area contributed by atoms with Gasteiger partial charge >= 0.3 is 0 Å². The molecule has 0 atom stereocenters. The van der Waals surface area contributed by atoms with Crippen molar-refractivity contribution in [2.45, 2.75) is 6.42 Å². The summed E-state index contributed by atoms with van der Waals surface area (Å²) in [5.74, 6) is -0.711. The van der Waals surface area contributed by atoms with Crippen LogP contribution in [0.1, 0.15) is 5.01 Å². The molecule has 0 aliphatic rings. The molecular formula is C22H18N6O2S. The molecule has 0 fully saturated rings. The first-order valence-electron chi connectivity index (χ1n) is 9.53. The normalized spacial score (nSPS) is 10.5. The van der Waals surface area contributed by atoms with Gasteiger partial charge < -0.3 is 10.6 Å². The fourth-order valence-electron chi connectivity index (χ4n) is 3.12. The van der Waals surface area contributed by atoms with Crippen molar-refractivity contribution in [3.05, 3.63) is 65.9 Å². The Hall–Kier alpha value is -4.03. The highest BCUT2D eigenvalue weighted by molar-refractivity contribution is 7.18. The maximum absolute atomic E-state index is 12.2. The van der Waals surface area contributed by atoms with E-state index in [4.69, 9.17) is 5.26 Å². The number of nitriles is 1. The molecule has 0 saturated carbocycles. The second-order valence-electron chi connectivity index (χ2n) is 6.65. The molecule has 0 aliphatic carbocycles. The van der Waals surface area contributed by atoms with Gasteiger partial charge in [-0.1, -0.05) is 30.3 Å².